The van der Waals surface area contributed by atoms with Gasteiger partial charge in [0, 0.05) is 44.0 Å². The van der Waals surface area contributed by atoms with Gasteiger partial charge in [0.05, 0.1) is 29.1 Å². The van der Waals surface area contributed by atoms with Gasteiger partial charge in [0.2, 0.25) is 5.95 Å². The Kier molecular flexibility index (Phi) is 8.58. The minimum absolute atomic E-state index is 0.0733. The summed E-state index contributed by atoms with van der Waals surface area (Å²) < 4.78 is 35.4. The Balaban J connectivity index is 1.03. The Bertz CT molecular complexity index is 1820. The summed E-state index contributed by atoms with van der Waals surface area (Å²) in [6.45, 7) is 4.21. The molecule has 0 aliphatic carbocycles. The number of carbonyl (C=O) groups is 1. The highest BCUT2D eigenvalue weighted by molar-refractivity contribution is 7.86. The number of anilines is 3. The minimum atomic E-state index is -3.78. The van der Waals surface area contributed by atoms with Crippen molar-refractivity contribution in [3.05, 3.63) is 109 Å². The van der Waals surface area contributed by atoms with Gasteiger partial charge in [0.15, 0.2) is 0 Å². The van der Waals surface area contributed by atoms with E-state index in [4.69, 9.17) is 8.60 Å². The van der Waals surface area contributed by atoms with Gasteiger partial charge in [-0.1, -0.05) is 35.9 Å². The smallest absolute Gasteiger partial charge is 0.329 e. The Hall–Kier alpha value is -4.74. The first-order valence-corrected chi connectivity index (χ1v) is 15.9. The number of amides is 2. The molecule has 0 saturated carbocycles. The molecule has 3 aromatic carbocycles. The maximum absolute atomic E-state index is 13.9. The lowest BCUT2D eigenvalue weighted by Crippen LogP contribution is -2.52. The predicted molar refractivity (Wildman–Crippen MR) is 169 cm³/mol. The zero-order valence-corrected chi connectivity index (χ0v) is 25.2. The van der Waals surface area contributed by atoms with Gasteiger partial charge in [-0.2, -0.15) is 8.42 Å². The number of urea groups is 1. The molecule has 1 saturated heterocycles. The molecular formula is C33H33N5O5S. The molecule has 0 bridgehead atoms. The van der Waals surface area contributed by atoms with Crippen LogP contribution in [-0.4, -0.2) is 62.1 Å². The number of hydrogen-bond donors (Lipinski definition) is 0. The van der Waals surface area contributed by atoms with Crippen LogP contribution in [0, 0.1) is 6.92 Å². The molecule has 226 valence electrons. The number of piperazine rings is 1. The summed E-state index contributed by atoms with van der Waals surface area (Å²) >= 11 is 0. The molecule has 0 radical (unpaired) electrons. The van der Waals surface area contributed by atoms with E-state index in [-0.39, 0.29) is 17.5 Å². The highest BCUT2D eigenvalue weighted by Gasteiger charge is 2.28. The quantitative estimate of drug-likeness (QED) is 0.149. The van der Waals surface area contributed by atoms with Crippen LogP contribution in [-0.2, 0) is 20.7 Å². The van der Waals surface area contributed by atoms with Gasteiger partial charge in [-0.05, 0) is 73.9 Å². The zero-order chi connectivity index (χ0) is 30.5. The van der Waals surface area contributed by atoms with Gasteiger partial charge in [0.1, 0.15) is 5.58 Å². The summed E-state index contributed by atoms with van der Waals surface area (Å²) in [7, 11) is -3.78. The van der Waals surface area contributed by atoms with E-state index < -0.39 is 10.1 Å². The number of nitrogens with zero attached hydrogens (tertiary/aromatic N) is 5. The number of furan rings is 1. The number of fused-ring (bicyclic) bond motifs is 1. The second-order valence-corrected chi connectivity index (χ2v) is 12.3. The first kappa shape index (κ1) is 29.3. The Morgan fingerprint density at radius 1 is 0.909 bits per heavy atom. The fourth-order valence-corrected chi connectivity index (χ4v) is 6.08. The normalized spacial score (nSPS) is 13.8. The van der Waals surface area contributed by atoms with Crippen molar-refractivity contribution in [1.82, 2.24) is 14.9 Å². The summed E-state index contributed by atoms with van der Waals surface area (Å²) in [4.78, 5) is 28.8. The molecular weight excluding hydrogens is 578 g/mol. The number of aryl methyl sites for hydroxylation is 2. The maximum atomic E-state index is 13.9. The van der Waals surface area contributed by atoms with E-state index in [0.29, 0.717) is 45.0 Å². The third-order valence-electron chi connectivity index (χ3n) is 7.58. The highest BCUT2D eigenvalue weighted by Crippen LogP contribution is 2.30. The van der Waals surface area contributed by atoms with E-state index in [1.165, 1.54) is 0 Å². The van der Waals surface area contributed by atoms with Gasteiger partial charge in [0.25, 0.3) is 10.1 Å². The van der Waals surface area contributed by atoms with E-state index >= 15 is 0 Å². The van der Waals surface area contributed by atoms with Crippen molar-refractivity contribution >= 4 is 44.4 Å². The van der Waals surface area contributed by atoms with Crippen molar-refractivity contribution < 1.29 is 21.8 Å². The van der Waals surface area contributed by atoms with Gasteiger partial charge in [-0.25, -0.2) is 14.8 Å². The van der Waals surface area contributed by atoms with Gasteiger partial charge < -0.3 is 14.2 Å². The van der Waals surface area contributed by atoms with Crippen molar-refractivity contribution in [2.24, 2.45) is 0 Å². The summed E-state index contributed by atoms with van der Waals surface area (Å²) in [6, 6.07) is 23.8. The fourth-order valence-electron chi connectivity index (χ4n) is 5.14. The first-order valence-electron chi connectivity index (χ1n) is 14.5. The second-order valence-electron chi connectivity index (χ2n) is 10.7. The third kappa shape index (κ3) is 6.58. The molecule has 0 unspecified atom stereocenters. The molecule has 6 rings (SSSR count). The number of carbonyl (C=O) groups excluding carboxylic acids is 1. The molecule has 0 atom stereocenters. The van der Waals surface area contributed by atoms with E-state index in [1.807, 2.05) is 66.4 Å². The van der Waals surface area contributed by atoms with Gasteiger partial charge >= 0.3 is 6.03 Å². The van der Waals surface area contributed by atoms with Crippen molar-refractivity contribution in [3.63, 3.8) is 0 Å². The molecule has 0 spiro atoms. The van der Waals surface area contributed by atoms with Crippen LogP contribution in [0.15, 0.2) is 107 Å². The van der Waals surface area contributed by atoms with Gasteiger partial charge in [-0.3, -0.25) is 9.08 Å². The van der Waals surface area contributed by atoms with Crippen LogP contribution in [0.3, 0.4) is 0 Å². The molecule has 3 heterocycles. The molecule has 1 fully saturated rings. The van der Waals surface area contributed by atoms with Crippen molar-refractivity contribution in [2.75, 3.05) is 42.6 Å². The monoisotopic (exact) mass is 611 g/mol. The number of rotatable bonds is 9. The van der Waals surface area contributed by atoms with Crippen LogP contribution < -0.4 is 9.80 Å². The minimum Gasteiger partial charge on any atom is -0.464 e. The van der Waals surface area contributed by atoms with Crippen molar-refractivity contribution in [2.45, 2.75) is 24.7 Å². The number of para-hydroxylation sites is 1. The zero-order valence-electron chi connectivity index (χ0n) is 24.4. The van der Waals surface area contributed by atoms with E-state index in [1.54, 1.807) is 47.8 Å². The largest absolute Gasteiger partial charge is 0.464 e. The molecule has 2 amide bonds. The van der Waals surface area contributed by atoms with E-state index in [9.17, 15) is 13.2 Å². The second kappa shape index (κ2) is 12.9. The molecule has 1 aliphatic heterocycles. The topological polar surface area (TPSA) is 109 Å². The fraction of sp³-hybridized carbons (Fsp3) is 0.242. The third-order valence-corrected chi connectivity index (χ3v) is 8.91. The molecule has 5 aromatic rings. The summed E-state index contributed by atoms with van der Waals surface area (Å²) in [5.41, 5.74) is 4.21. The molecule has 2 aromatic heterocycles. The predicted octanol–water partition coefficient (Wildman–Crippen LogP) is 5.95. The average molecular weight is 612 g/mol. The van der Waals surface area contributed by atoms with Gasteiger partial charge in [-0.15, -0.1) is 0 Å². The molecule has 0 N–H and O–H groups in total. The summed E-state index contributed by atoms with van der Waals surface area (Å²) in [6.07, 6.45) is 6.27. The van der Waals surface area contributed by atoms with Crippen LogP contribution in [0.5, 0.6) is 0 Å². The lowest BCUT2D eigenvalue weighted by Gasteiger charge is -2.37. The van der Waals surface area contributed by atoms with Crippen LogP contribution in [0.2, 0.25) is 0 Å². The van der Waals surface area contributed by atoms with Crippen LogP contribution >= 0.6 is 0 Å². The van der Waals surface area contributed by atoms with Crippen LogP contribution in [0.25, 0.3) is 11.0 Å². The van der Waals surface area contributed by atoms with Crippen molar-refractivity contribution in [3.8, 4) is 0 Å². The molecule has 10 nitrogen and oxygen atoms in total. The Labute approximate surface area is 256 Å². The summed E-state index contributed by atoms with van der Waals surface area (Å²) in [5, 5.41) is 0.932. The number of benzene rings is 3. The number of hydrogen-bond acceptors (Lipinski definition) is 8. The Morgan fingerprint density at radius 3 is 2.36 bits per heavy atom. The highest BCUT2D eigenvalue weighted by atomic mass is 32.2. The molecule has 11 heteroatoms. The first-order chi connectivity index (χ1) is 21.4. The lowest BCUT2D eigenvalue weighted by molar-refractivity contribution is 0.203. The average Bonchev–Trinajstić information content (AvgIpc) is 3.53. The molecule has 44 heavy (non-hydrogen) atoms. The van der Waals surface area contributed by atoms with E-state index in [2.05, 4.69) is 14.9 Å². The van der Waals surface area contributed by atoms with Crippen LogP contribution in [0.1, 0.15) is 17.5 Å². The Morgan fingerprint density at radius 2 is 1.64 bits per heavy atom. The SMILES string of the molecule is Cc1ccc(S(=O)(=O)OCCCc2cnc(N3CCN(C(=O)N(c4ccccc4)c4ccc5occc5c4)CC3)nc2)cc1. The maximum Gasteiger partial charge on any atom is 0.329 e. The summed E-state index contributed by atoms with van der Waals surface area (Å²) in [5.74, 6) is 0.601. The van der Waals surface area contributed by atoms with E-state index in [0.717, 1.165) is 33.5 Å². The number of aromatic nitrogens is 2. The standard InChI is InChI=1S/C33H33N5O5S/c1-25-9-12-30(13-10-25)44(40,41)43-20-5-6-26-23-34-32(35-24-26)36-16-18-37(19-17-36)33(39)38(28-7-3-2-4-8-28)29-11-14-31-27(22-29)15-21-42-31/h2-4,7-15,21-24H,5-6,16-20H2,1H3. The van der Waals surface area contributed by atoms with Crippen molar-refractivity contribution in [1.29, 1.82) is 0 Å². The lowest BCUT2D eigenvalue weighted by atomic mass is 10.2. The molecule has 1 aliphatic rings. The van der Waals surface area contributed by atoms with Crippen LogP contribution in [0.4, 0.5) is 22.1 Å².